The summed E-state index contributed by atoms with van der Waals surface area (Å²) in [6, 6.07) is 22.8. The van der Waals surface area contributed by atoms with Gasteiger partial charge in [0.2, 0.25) is 10.0 Å². The zero-order chi connectivity index (χ0) is 29.8. The highest BCUT2D eigenvalue weighted by molar-refractivity contribution is 9.10. The zero-order valence-corrected chi connectivity index (χ0v) is 25.3. The Morgan fingerprint density at radius 3 is 2.45 bits per heavy atom. The van der Waals surface area contributed by atoms with E-state index in [9.17, 15) is 17.6 Å². The van der Waals surface area contributed by atoms with E-state index >= 15 is 0 Å². The number of anilines is 1. The van der Waals surface area contributed by atoms with E-state index in [1.807, 2.05) is 36.4 Å². The van der Waals surface area contributed by atoms with Crippen LogP contribution in [0.2, 0.25) is 0 Å². The molecule has 212 valence electrons. The fourth-order valence-corrected chi connectivity index (χ4v) is 6.08. The maximum atomic E-state index is 13.7. The second-order valence-electron chi connectivity index (χ2n) is 10.1. The molecular formula is C32H25BrFN3O4S. The van der Waals surface area contributed by atoms with Crippen LogP contribution in [-0.4, -0.2) is 40.4 Å². The first kappa shape index (κ1) is 27.9. The molecule has 0 atom stereocenters. The number of hydrogen-bond donors (Lipinski definition) is 1. The number of halogens is 2. The molecule has 0 spiro atoms. The fourth-order valence-electron chi connectivity index (χ4n) is 5.16. The number of hydrogen-bond acceptors (Lipinski definition) is 5. The van der Waals surface area contributed by atoms with Crippen LogP contribution in [0.4, 0.5) is 15.8 Å². The molecule has 0 radical (unpaired) electrons. The lowest BCUT2D eigenvalue weighted by molar-refractivity contribution is 0.0964. The SMILES string of the molecule is CNC(=O)c1c(-c2ccc(F)cc2)oc2cc(N(C)S(C)(=O)=O)c(-c3cccc(C4=Nc5ccc(Br)cc5C4)c3)cc12. The highest BCUT2D eigenvalue weighted by Crippen LogP contribution is 2.42. The summed E-state index contributed by atoms with van der Waals surface area (Å²) in [6.07, 6.45) is 1.79. The Hall–Kier alpha value is -4.28. The Kier molecular flexibility index (Phi) is 6.98. The van der Waals surface area contributed by atoms with Crippen LogP contribution >= 0.6 is 15.9 Å². The molecule has 0 unspecified atom stereocenters. The van der Waals surface area contributed by atoms with Crippen LogP contribution in [0.3, 0.4) is 0 Å². The molecule has 42 heavy (non-hydrogen) atoms. The van der Waals surface area contributed by atoms with E-state index in [4.69, 9.17) is 9.41 Å². The van der Waals surface area contributed by atoms with Gasteiger partial charge >= 0.3 is 0 Å². The van der Waals surface area contributed by atoms with Gasteiger partial charge in [-0.05, 0) is 71.3 Å². The van der Waals surface area contributed by atoms with Gasteiger partial charge < -0.3 is 9.73 Å². The van der Waals surface area contributed by atoms with Gasteiger partial charge in [0, 0.05) is 47.6 Å². The van der Waals surface area contributed by atoms with Gasteiger partial charge in [-0.1, -0.05) is 34.1 Å². The average Bonchev–Trinajstić information content (AvgIpc) is 3.56. The number of amides is 1. The summed E-state index contributed by atoms with van der Waals surface area (Å²) < 4.78 is 47.5. The van der Waals surface area contributed by atoms with Crippen molar-refractivity contribution in [3.63, 3.8) is 0 Å². The van der Waals surface area contributed by atoms with Crippen molar-refractivity contribution in [1.29, 1.82) is 0 Å². The second kappa shape index (κ2) is 10.5. The van der Waals surface area contributed by atoms with Gasteiger partial charge in [-0.3, -0.25) is 14.1 Å². The van der Waals surface area contributed by atoms with Crippen LogP contribution in [-0.2, 0) is 16.4 Å². The van der Waals surface area contributed by atoms with Gasteiger partial charge in [-0.15, -0.1) is 0 Å². The monoisotopic (exact) mass is 645 g/mol. The Morgan fingerprint density at radius 1 is 1.00 bits per heavy atom. The van der Waals surface area contributed by atoms with Gasteiger partial charge in [-0.2, -0.15) is 0 Å². The summed E-state index contributed by atoms with van der Waals surface area (Å²) in [6.45, 7) is 0. The average molecular weight is 647 g/mol. The molecule has 7 nitrogen and oxygen atoms in total. The second-order valence-corrected chi connectivity index (χ2v) is 13.0. The molecule has 1 aliphatic heterocycles. The van der Waals surface area contributed by atoms with E-state index in [2.05, 4.69) is 27.3 Å². The molecule has 10 heteroatoms. The molecule has 0 saturated carbocycles. The normalized spacial score (nSPS) is 12.7. The first-order valence-electron chi connectivity index (χ1n) is 13.0. The van der Waals surface area contributed by atoms with Crippen molar-refractivity contribution in [2.24, 2.45) is 4.99 Å². The third-order valence-electron chi connectivity index (χ3n) is 7.37. The highest BCUT2D eigenvalue weighted by atomic mass is 79.9. The van der Waals surface area contributed by atoms with Gasteiger partial charge in [0.05, 0.1) is 28.9 Å². The topological polar surface area (TPSA) is 92.0 Å². The van der Waals surface area contributed by atoms with Gasteiger partial charge in [-0.25, -0.2) is 12.8 Å². The van der Waals surface area contributed by atoms with E-state index < -0.39 is 15.8 Å². The van der Waals surface area contributed by atoms with Crippen LogP contribution in [0.15, 0.2) is 92.7 Å². The minimum Gasteiger partial charge on any atom is -0.455 e. The molecule has 0 bridgehead atoms. The standard InChI is InChI=1S/C32H25BrFN3O4S/c1-35-32(38)30-25-16-24(19-5-4-6-20(13-19)27-15-21-14-22(33)9-12-26(21)36-27)28(37(2)42(3,39)40)17-29(25)41-31(30)18-7-10-23(34)11-8-18/h4-14,16-17H,15H2,1-3H3,(H,35,38). The predicted octanol–water partition coefficient (Wildman–Crippen LogP) is 7.10. The van der Waals surface area contributed by atoms with Crippen molar-refractivity contribution < 1.29 is 22.0 Å². The van der Waals surface area contributed by atoms with Crippen LogP contribution in [0, 0.1) is 5.82 Å². The summed E-state index contributed by atoms with van der Waals surface area (Å²) in [5, 5.41) is 3.16. The molecule has 5 aromatic rings. The van der Waals surface area contributed by atoms with Crippen molar-refractivity contribution in [3.05, 3.63) is 106 Å². The molecule has 1 N–H and O–H groups in total. The quantitative estimate of drug-likeness (QED) is 0.213. The smallest absolute Gasteiger partial charge is 0.255 e. The number of nitrogens with zero attached hydrogens (tertiary/aromatic N) is 2. The minimum atomic E-state index is -3.66. The lowest BCUT2D eigenvalue weighted by Crippen LogP contribution is -2.25. The summed E-state index contributed by atoms with van der Waals surface area (Å²) in [4.78, 5) is 18.0. The predicted molar refractivity (Wildman–Crippen MR) is 168 cm³/mol. The van der Waals surface area contributed by atoms with E-state index in [-0.39, 0.29) is 17.2 Å². The molecule has 1 amide bonds. The summed E-state index contributed by atoms with van der Waals surface area (Å²) in [5.41, 5.74) is 6.65. The Morgan fingerprint density at radius 2 is 1.74 bits per heavy atom. The van der Waals surface area contributed by atoms with Crippen LogP contribution in [0.5, 0.6) is 0 Å². The van der Waals surface area contributed by atoms with E-state index in [0.29, 0.717) is 34.2 Å². The van der Waals surface area contributed by atoms with E-state index in [1.54, 1.807) is 12.1 Å². The van der Waals surface area contributed by atoms with Gasteiger partial charge in [0.15, 0.2) is 0 Å². The molecule has 1 aromatic heterocycles. The number of carbonyl (C=O) groups is 1. The number of furan rings is 1. The number of benzene rings is 4. The number of rotatable bonds is 6. The number of nitrogens with one attached hydrogen (secondary N) is 1. The number of fused-ring (bicyclic) bond motifs is 2. The third kappa shape index (κ3) is 5.01. The Labute approximate surface area is 250 Å². The maximum Gasteiger partial charge on any atom is 0.255 e. The summed E-state index contributed by atoms with van der Waals surface area (Å²) >= 11 is 3.52. The molecule has 0 saturated heterocycles. The molecule has 2 heterocycles. The molecule has 6 rings (SSSR count). The van der Waals surface area contributed by atoms with Gasteiger partial charge in [0.1, 0.15) is 17.2 Å². The van der Waals surface area contributed by atoms with Crippen molar-refractivity contribution in [1.82, 2.24) is 5.32 Å². The van der Waals surface area contributed by atoms with Crippen LogP contribution in [0.1, 0.15) is 21.5 Å². The molecule has 4 aromatic carbocycles. The number of carbonyl (C=O) groups excluding carboxylic acids is 1. The van der Waals surface area contributed by atoms with Crippen LogP contribution in [0.25, 0.3) is 33.4 Å². The third-order valence-corrected chi connectivity index (χ3v) is 9.05. The Bertz CT molecular complexity index is 2040. The number of sulfonamides is 1. The minimum absolute atomic E-state index is 0.257. The van der Waals surface area contributed by atoms with Crippen molar-refractivity contribution in [2.45, 2.75) is 6.42 Å². The lowest BCUT2D eigenvalue weighted by Gasteiger charge is -2.21. The van der Waals surface area contributed by atoms with E-state index in [1.165, 1.54) is 42.7 Å². The maximum absolute atomic E-state index is 13.7. The largest absolute Gasteiger partial charge is 0.455 e. The fraction of sp³-hybridized carbons (Fsp3) is 0.125. The van der Waals surface area contributed by atoms with E-state index in [0.717, 1.165) is 38.8 Å². The van der Waals surface area contributed by atoms with Crippen molar-refractivity contribution in [3.8, 4) is 22.5 Å². The Balaban J connectivity index is 1.56. The molecule has 1 aliphatic rings. The first-order valence-corrected chi connectivity index (χ1v) is 15.7. The van der Waals surface area contributed by atoms with Crippen LogP contribution < -0.4 is 9.62 Å². The lowest BCUT2D eigenvalue weighted by atomic mass is 9.95. The van der Waals surface area contributed by atoms with Crippen molar-refractivity contribution in [2.75, 3.05) is 24.7 Å². The molecular weight excluding hydrogens is 621 g/mol. The molecule has 0 aliphatic carbocycles. The first-order chi connectivity index (χ1) is 20.0. The molecule has 0 fully saturated rings. The summed E-state index contributed by atoms with van der Waals surface area (Å²) in [7, 11) is -0.666. The van der Waals surface area contributed by atoms with Crippen molar-refractivity contribution >= 4 is 59.9 Å². The number of aliphatic imine (C=N–C) groups is 1. The highest BCUT2D eigenvalue weighted by Gasteiger charge is 2.26. The van der Waals surface area contributed by atoms with Gasteiger partial charge in [0.25, 0.3) is 5.91 Å². The summed E-state index contributed by atoms with van der Waals surface area (Å²) in [5.74, 6) is -0.549. The zero-order valence-electron chi connectivity index (χ0n) is 22.9.